The zero-order valence-electron chi connectivity index (χ0n) is 11.3. The number of hydrogen-bond acceptors (Lipinski definition) is 5. The molecule has 1 saturated heterocycles. The Morgan fingerprint density at radius 3 is 2.89 bits per heavy atom. The number of nitrogens with one attached hydrogen (secondary N) is 2. The molecule has 0 radical (unpaired) electrons. The number of hydrogen-bond donors (Lipinski definition) is 2. The highest BCUT2D eigenvalue weighted by Crippen LogP contribution is 2.35. The van der Waals surface area contributed by atoms with Crippen LogP contribution < -0.4 is 10.2 Å². The fraction of sp³-hybridized carbons (Fsp3) is 0.909. The molecule has 19 heavy (non-hydrogen) atoms. The number of likely N-dealkylation sites (N-methyl/N-ethyl adjacent to an activating group) is 1. The second kappa shape index (κ2) is 5.74. The van der Waals surface area contributed by atoms with Crippen molar-refractivity contribution in [2.75, 3.05) is 26.4 Å². The lowest BCUT2D eigenvalue weighted by atomic mass is 9.97. The molecule has 2 aliphatic rings. The van der Waals surface area contributed by atoms with Gasteiger partial charge in [0, 0.05) is 26.1 Å². The third kappa shape index (κ3) is 3.65. The third-order valence-electron chi connectivity index (χ3n) is 3.73. The maximum absolute atomic E-state index is 12.2. The fourth-order valence-electron chi connectivity index (χ4n) is 2.71. The molecule has 3 unspecified atom stereocenters. The van der Waals surface area contributed by atoms with Crippen molar-refractivity contribution in [3.63, 3.8) is 0 Å². The van der Waals surface area contributed by atoms with E-state index in [-0.39, 0.29) is 30.5 Å². The van der Waals surface area contributed by atoms with Gasteiger partial charge in [-0.3, -0.25) is 9.63 Å². The summed E-state index contributed by atoms with van der Waals surface area (Å²) in [5, 5.41) is 0. The van der Waals surface area contributed by atoms with Crippen molar-refractivity contribution >= 4 is 15.9 Å². The van der Waals surface area contributed by atoms with E-state index in [2.05, 4.69) is 10.2 Å². The Bertz CT molecular complexity index is 439. The summed E-state index contributed by atoms with van der Waals surface area (Å²) in [5.74, 6) is 0.211. The molecule has 110 valence electrons. The van der Waals surface area contributed by atoms with Crippen molar-refractivity contribution in [2.45, 2.75) is 31.4 Å². The predicted octanol–water partition coefficient (Wildman–Crippen LogP) is -0.934. The Kier molecular flexibility index (Phi) is 4.44. The number of fused-ring (bicyclic) bond motifs is 1. The second-order valence-corrected chi connectivity index (χ2v) is 7.11. The van der Waals surface area contributed by atoms with E-state index in [1.165, 1.54) is 0 Å². The average molecular weight is 291 g/mol. The lowest BCUT2D eigenvalue weighted by Gasteiger charge is -2.23. The summed E-state index contributed by atoms with van der Waals surface area (Å²) in [6.07, 6.45) is 4.35. The molecular formula is C11H21N3O4S. The molecule has 0 aromatic carbocycles. The molecule has 7 nitrogen and oxygen atoms in total. The van der Waals surface area contributed by atoms with E-state index >= 15 is 0 Å². The normalized spacial score (nSPS) is 30.3. The van der Waals surface area contributed by atoms with Crippen LogP contribution in [-0.4, -0.2) is 57.8 Å². The zero-order valence-corrected chi connectivity index (χ0v) is 12.1. The highest BCUT2D eigenvalue weighted by molar-refractivity contribution is 7.88. The van der Waals surface area contributed by atoms with Gasteiger partial charge in [0.15, 0.2) is 0 Å². The molecule has 0 aromatic heterocycles. The molecular weight excluding hydrogens is 270 g/mol. The molecule has 1 aliphatic carbocycles. The summed E-state index contributed by atoms with van der Waals surface area (Å²) in [7, 11) is -1.53. The van der Waals surface area contributed by atoms with Gasteiger partial charge < -0.3 is 4.90 Å². The summed E-state index contributed by atoms with van der Waals surface area (Å²) in [5.41, 5.74) is 2.82. The van der Waals surface area contributed by atoms with Gasteiger partial charge in [0.25, 0.3) is 0 Å². The minimum atomic E-state index is -3.21. The van der Waals surface area contributed by atoms with Gasteiger partial charge in [0.05, 0.1) is 12.4 Å². The van der Waals surface area contributed by atoms with Crippen LogP contribution in [0, 0.1) is 5.92 Å². The van der Waals surface area contributed by atoms with Crippen LogP contribution in [0.4, 0.5) is 0 Å². The molecule has 8 heteroatoms. The number of rotatable bonds is 5. The second-order valence-electron chi connectivity index (χ2n) is 5.27. The number of carbonyl (C=O) groups is 1. The van der Waals surface area contributed by atoms with Crippen molar-refractivity contribution in [1.82, 2.24) is 15.1 Å². The van der Waals surface area contributed by atoms with Crippen molar-refractivity contribution in [3.8, 4) is 0 Å². The van der Waals surface area contributed by atoms with Gasteiger partial charge in [-0.1, -0.05) is 6.42 Å². The molecule has 1 aliphatic heterocycles. The van der Waals surface area contributed by atoms with E-state index in [1.54, 1.807) is 11.9 Å². The summed E-state index contributed by atoms with van der Waals surface area (Å²) < 4.78 is 24.3. The van der Waals surface area contributed by atoms with Gasteiger partial charge in [-0.2, -0.15) is 5.48 Å². The quantitative estimate of drug-likeness (QED) is 0.683. The number of sulfonamides is 1. The SMILES string of the molecule is CN(CCNS(C)(=O)=O)C(=O)C1NOC2CCCC21. The monoisotopic (exact) mass is 291 g/mol. The molecule has 1 amide bonds. The van der Waals surface area contributed by atoms with Gasteiger partial charge in [-0.05, 0) is 12.8 Å². The Morgan fingerprint density at radius 1 is 1.47 bits per heavy atom. The van der Waals surface area contributed by atoms with Crippen LogP contribution in [0.3, 0.4) is 0 Å². The molecule has 2 N–H and O–H groups in total. The van der Waals surface area contributed by atoms with Crippen molar-refractivity contribution in [3.05, 3.63) is 0 Å². The molecule has 0 bridgehead atoms. The van der Waals surface area contributed by atoms with E-state index in [0.717, 1.165) is 25.5 Å². The molecule has 0 spiro atoms. The first-order valence-electron chi connectivity index (χ1n) is 6.49. The largest absolute Gasteiger partial charge is 0.343 e. The van der Waals surface area contributed by atoms with Gasteiger partial charge in [0.2, 0.25) is 15.9 Å². The highest BCUT2D eigenvalue weighted by Gasteiger charge is 2.44. The minimum Gasteiger partial charge on any atom is -0.343 e. The van der Waals surface area contributed by atoms with E-state index < -0.39 is 10.0 Å². The van der Waals surface area contributed by atoms with Crippen LogP contribution >= 0.6 is 0 Å². The third-order valence-corrected chi connectivity index (χ3v) is 4.46. The van der Waals surface area contributed by atoms with Crippen molar-refractivity contribution in [1.29, 1.82) is 0 Å². The van der Waals surface area contributed by atoms with Crippen LogP contribution in [0.1, 0.15) is 19.3 Å². The first kappa shape index (κ1) is 14.7. The molecule has 0 aromatic rings. The smallest absolute Gasteiger partial charge is 0.242 e. The summed E-state index contributed by atoms with van der Waals surface area (Å²) in [6.45, 7) is 0.574. The van der Waals surface area contributed by atoms with Crippen molar-refractivity contribution in [2.24, 2.45) is 5.92 Å². The van der Waals surface area contributed by atoms with Gasteiger partial charge >= 0.3 is 0 Å². The Balaban J connectivity index is 1.82. The fourth-order valence-corrected chi connectivity index (χ4v) is 3.17. The molecule has 2 rings (SSSR count). The average Bonchev–Trinajstić information content (AvgIpc) is 2.87. The lowest BCUT2D eigenvalue weighted by molar-refractivity contribution is -0.134. The first-order valence-corrected chi connectivity index (χ1v) is 8.38. The predicted molar refractivity (Wildman–Crippen MR) is 69.6 cm³/mol. The molecule has 3 atom stereocenters. The van der Waals surface area contributed by atoms with Crippen LogP contribution in [-0.2, 0) is 19.7 Å². The van der Waals surface area contributed by atoms with Gasteiger partial charge in [-0.25, -0.2) is 13.1 Å². The Morgan fingerprint density at radius 2 is 2.21 bits per heavy atom. The van der Waals surface area contributed by atoms with E-state index in [4.69, 9.17) is 4.84 Å². The maximum Gasteiger partial charge on any atom is 0.242 e. The number of amides is 1. The Labute approximate surface area is 113 Å². The first-order chi connectivity index (χ1) is 8.88. The van der Waals surface area contributed by atoms with Crippen LogP contribution in [0.25, 0.3) is 0 Å². The van der Waals surface area contributed by atoms with E-state index in [1.807, 2.05) is 0 Å². The number of carbonyl (C=O) groups excluding carboxylic acids is 1. The standard InChI is InChI=1S/C11H21N3O4S/c1-14(7-6-12-19(2,16)17)11(15)10-8-4-3-5-9(8)18-13-10/h8-10,12-13H,3-7H2,1-2H3. The summed E-state index contributed by atoms with van der Waals surface area (Å²) in [6, 6.07) is -0.296. The summed E-state index contributed by atoms with van der Waals surface area (Å²) >= 11 is 0. The van der Waals surface area contributed by atoms with Crippen LogP contribution in [0.2, 0.25) is 0 Å². The van der Waals surface area contributed by atoms with E-state index in [0.29, 0.717) is 6.54 Å². The van der Waals surface area contributed by atoms with E-state index in [9.17, 15) is 13.2 Å². The van der Waals surface area contributed by atoms with Crippen molar-refractivity contribution < 1.29 is 18.0 Å². The summed E-state index contributed by atoms with van der Waals surface area (Å²) in [4.78, 5) is 19.2. The highest BCUT2D eigenvalue weighted by atomic mass is 32.2. The lowest BCUT2D eigenvalue weighted by Crippen LogP contribution is -2.46. The zero-order chi connectivity index (χ0) is 14.0. The number of nitrogens with zero attached hydrogens (tertiary/aromatic N) is 1. The maximum atomic E-state index is 12.2. The van der Waals surface area contributed by atoms with Gasteiger partial charge in [-0.15, -0.1) is 0 Å². The number of hydroxylamine groups is 1. The molecule has 1 saturated carbocycles. The molecule has 1 heterocycles. The van der Waals surface area contributed by atoms with Gasteiger partial charge in [0.1, 0.15) is 6.04 Å². The topological polar surface area (TPSA) is 87.7 Å². The molecule has 2 fully saturated rings. The Hall–Kier alpha value is -0.700. The van der Waals surface area contributed by atoms with Crippen LogP contribution in [0.15, 0.2) is 0 Å². The minimum absolute atomic E-state index is 0.0373. The van der Waals surface area contributed by atoms with Crippen LogP contribution in [0.5, 0.6) is 0 Å².